The van der Waals surface area contributed by atoms with E-state index in [2.05, 4.69) is 25.2 Å². The first-order chi connectivity index (χ1) is 8.23. The lowest BCUT2D eigenvalue weighted by Crippen LogP contribution is -2.43. The van der Waals surface area contributed by atoms with Gasteiger partial charge in [0.1, 0.15) is 0 Å². The number of allylic oxidation sites excluding steroid dienone is 1. The van der Waals surface area contributed by atoms with Crippen molar-refractivity contribution in [3.05, 3.63) is 11.6 Å². The topological polar surface area (TPSA) is 12.0 Å². The zero-order chi connectivity index (χ0) is 12.1. The predicted molar refractivity (Wildman–Crippen MR) is 75.2 cm³/mol. The zero-order valence-electron chi connectivity index (χ0n) is 11.7. The summed E-state index contributed by atoms with van der Waals surface area (Å²) in [5, 5.41) is 3.85. The Hall–Kier alpha value is -0.300. The predicted octanol–water partition coefficient (Wildman–Crippen LogP) is 4.44. The number of nitrogens with one attached hydrogen (secondary N) is 1. The first-order valence-electron chi connectivity index (χ1n) is 7.67. The van der Waals surface area contributed by atoms with Gasteiger partial charge in [0, 0.05) is 5.54 Å². The third-order valence-corrected chi connectivity index (χ3v) is 4.41. The van der Waals surface area contributed by atoms with E-state index in [-0.39, 0.29) is 0 Å². The molecule has 1 aliphatic heterocycles. The number of hydrogen-bond donors (Lipinski definition) is 1. The van der Waals surface area contributed by atoms with Crippen molar-refractivity contribution in [1.82, 2.24) is 5.32 Å². The number of rotatable bonds is 3. The zero-order valence-corrected chi connectivity index (χ0v) is 11.7. The molecule has 1 atom stereocenters. The van der Waals surface area contributed by atoms with E-state index in [1.807, 2.05) is 0 Å². The van der Waals surface area contributed by atoms with Gasteiger partial charge in [-0.05, 0) is 57.4 Å². The van der Waals surface area contributed by atoms with E-state index in [1.54, 1.807) is 5.57 Å². The van der Waals surface area contributed by atoms with Crippen molar-refractivity contribution < 1.29 is 0 Å². The summed E-state index contributed by atoms with van der Waals surface area (Å²) in [6.07, 6.45) is 15.0. The van der Waals surface area contributed by atoms with Crippen molar-refractivity contribution in [1.29, 1.82) is 0 Å². The van der Waals surface area contributed by atoms with Crippen LogP contribution in [-0.2, 0) is 0 Å². The molecule has 1 unspecified atom stereocenters. The molecular formula is C16H29N. The molecule has 2 rings (SSSR count). The second-order valence-corrected chi connectivity index (χ2v) is 6.39. The van der Waals surface area contributed by atoms with Gasteiger partial charge in [-0.15, -0.1) is 0 Å². The molecule has 0 bridgehead atoms. The molecule has 17 heavy (non-hydrogen) atoms. The van der Waals surface area contributed by atoms with E-state index in [0.29, 0.717) is 5.54 Å². The molecule has 0 amide bonds. The molecule has 0 aromatic heterocycles. The van der Waals surface area contributed by atoms with Gasteiger partial charge < -0.3 is 5.32 Å². The SMILES string of the molecule is CC(C)CC1(C2=CCCCCCC2)CCCN1. The van der Waals surface area contributed by atoms with Crippen LogP contribution in [0, 0.1) is 5.92 Å². The van der Waals surface area contributed by atoms with Crippen LogP contribution in [0.2, 0.25) is 0 Å². The fourth-order valence-electron chi connectivity index (χ4n) is 3.71. The van der Waals surface area contributed by atoms with Gasteiger partial charge >= 0.3 is 0 Å². The summed E-state index contributed by atoms with van der Waals surface area (Å²) in [7, 11) is 0. The molecule has 0 saturated carbocycles. The third kappa shape index (κ3) is 3.34. The second kappa shape index (κ2) is 6.04. The Bertz CT molecular complexity index is 259. The Morgan fingerprint density at radius 1 is 1.18 bits per heavy atom. The van der Waals surface area contributed by atoms with Crippen LogP contribution in [0.1, 0.15) is 71.6 Å². The highest BCUT2D eigenvalue weighted by Crippen LogP contribution is 2.37. The van der Waals surface area contributed by atoms with E-state index < -0.39 is 0 Å². The van der Waals surface area contributed by atoms with Crippen molar-refractivity contribution >= 4 is 0 Å². The van der Waals surface area contributed by atoms with Gasteiger partial charge in [0.15, 0.2) is 0 Å². The maximum Gasteiger partial charge on any atom is 0.0396 e. The molecule has 0 aromatic carbocycles. The van der Waals surface area contributed by atoms with E-state index >= 15 is 0 Å². The molecule has 0 aromatic rings. The minimum atomic E-state index is 0.380. The van der Waals surface area contributed by atoms with Gasteiger partial charge in [0.05, 0.1) is 0 Å². The quantitative estimate of drug-likeness (QED) is 0.713. The van der Waals surface area contributed by atoms with E-state index in [1.165, 1.54) is 64.3 Å². The maximum absolute atomic E-state index is 3.85. The monoisotopic (exact) mass is 235 g/mol. The van der Waals surface area contributed by atoms with Crippen LogP contribution in [0.25, 0.3) is 0 Å². The van der Waals surface area contributed by atoms with Crippen LogP contribution in [0.5, 0.6) is 0 Å². The standard InChI is InChI=1S/C16H29N/c1-14(2)13-16(11-8-12-17-16)15-9-6-4-3-5-7-10-15/h9,14,17H,3-8,10-13H2,1-2H3. The summed E-state index contributed by atoms with van der Waals surface area (Å²) >= 11 is 0. The number of hydrogen-bond acceptors (Lipinski definition) is 1. The van der Waals surface area contributed by atoms with Gasteiger partial charge in [0.2, 0.25) is 0 Å². The normalized spacial score (nSPS) is 31.1. The summed E-state index contributed by atoms with van der Waals surface area (Å²) in [6, 6.07) is 0. The van der Waals surface area contributed by atoms with E-state index in [4.69, 9.17) is 0 Å². The lowest BCUT2D eigenvalue weighted by molar-refractivity contribution is 0.340. The Morgan fingerprint density at radius 3 is 2.71 bits per heavy atom. The Morgan fingerprint density at radius 2 is 2.00 bits per heavy atom. The van der Waals surface area contributed by atoms with Crippen molar-refractivity contribution in [2.24, 2.45) is 5.92 Å². The van der Waals surface area contributed by atoms with Crippen LogP contribution in [0.4, 0.5) is 0 Å². The third-order valence-electron chi connectivity index (χ3n) is 4.41. The van der Waals surface area contributed by atoms with Gasteiger partial charge in [-0.25, -0.2) is 0 Å². The van der Waals surface area contributed by atoms with Crippen molar-refractivity contribution in [2.45, 2.75) is 77.2 Å². The summed E-state index contributed by atoms with van der Waals surface area (Å²) in [5.74, 6) is 0.798. The smallest absolute Gasteiger partial charge is 0.0396 e. The van der Waals surface area contributed by atoms with Crippen molar-refractivity contribution in [2.75, 3.05) is 6.54 Å². The van der Waals surface area contributed by atoms with E-state index in [0.717, 1.165) is 5.92 Å². The molecule has 1 aliphatic carbocycles. The average molecular weight is 235 g/mol. The molecule has 1 heteroatoms. The van der Waals surface area contributed by atoms with Crippen LogP contribution in [0.15, 0.2) is 11.6 Å². The highest BCUT2D eigenvalue weighted by molar-refractivity contribution is 5.23. The van der Waals surface area contributed by atoms with Gasteiger partial charge in [-0.2, -0.15) is 0 Å². The summed E-state index contributed by atoms with van der Waals surface area (Å²) in [4.78, 5) is 0. The summed E-state index contributed by atoms with van der Waals surface area (Å²) < 4.78 is 0. The van der Waals surface area contributed by atoms with Gasteiger partial charge in [0.25, 0.3) is 0 Å². The first-order valence-corrected chi connectivity index (χ1v) is 7.67. The molecule has 1 saturated heterocycles. The van der Waals surface area contributed by atoms with Crippen LogP contribution < -0.4 is 5.32 Å². The minimum absolute atomic E-state index is 0.380. The molecule has 1 N–H and O–H groups in total. The van der Waals surface area contributed by atoms with E-state index in [9.17, 15) is 0 Å². The molecule has 0 spiro atoms. The molecule has 98 valence electrons. The molecule has 0 radical (unpaired) electrons. The fourth-order valence-corrected chi connectivity index (χ4v) is 3.71. The molecular weight excluding hydrogens is 206 g/mol. The Balaban J connectivity index is 2.12. The first kappa shape index (κ1) is 13.1. The second-order valence-electron chi connectivity index (χ2n) is 6.39. The summed E-state index contributed by atoms with van der Waals surface area (Å²) in [6.45, 7) is 5.96. The fraction of sp³-hybridized carbons (Fsp3) is 0.875. The average Bonchev–Trinajstić information content (AvgIpc) is 2.65. The molecule has 1 fully saturated rings. The largest absolute Gasteiger partial charge is 0.308 e. The molecule has 2 aliphatic rings. The minimum Gasteiger partial charge on any atom is -0.308 e. The molecule has 1 heterocycles. The highest BCUT2D eigenvalue weighted by atomic mass is 15.0. The van der Waals surface area contributed by atoms with Gasteiger partial charge in [-0.3, -0.25) is 0 Å². The van der Waals surface area contributed by atoms with Crippen LogP contribution in [-0.4, -0.2) is 12.1 Å². The van der Waals surface area contributed by atoms with Crippen LogP contribution >= 0.6 is 0 Å². The maximum atomic E-state index is 3.85. The Kier molecular flexibility index (Phi) is 4.67. The van der Waals surface area contributed by atoms with Crippen molar-refractivity contribution in [3.63, 3.8) is 0 Å². The summed E-state index contributed by atoms with van der Waals surface area (Å²) in [5.41, 5.74) is 2.13. The highest BCUT2D eigenvalue weighted by Gasteiger charge is 2.36. The Labute approximate surface area is 107 Å². The van der Waals surface area contributed by atoms with Crippen molar-refractivity contribution in [3.8, 4) is 0 Å². The molecule has 1 nitrogen and oxygen atoms in total. The lowest BCUT2D eigenvalue weighted by Gasteiger charge is -2.35. The van der Waals surface area contributed by atoms with Gasteiger partial charge in [-0.1, -0.05) is 38.3 Å². The van der Waals surface area contributed by atoms with Crippen LogP contribution in [0.3, 0.4) is 0 Å². The lowest BCUT2D eigenvalue weighted by atomic mass is 9.77.